The monoisotopic (exact) mass is 175 g/mol. The Hall–Kier alpha value is -1.35. The predicted molar refractivity (Wildman–Crippen MR) is 52.5 cm³/mol. The number of pyridine rings is 1. The van der Waals surface area contributed by atoms with Gasteiger partial charge in [0.2, 0.25) is 0 Å². The van der Waals surface area contributed by atoms with E-state index in [0.29, 0.717) is 6.54 Å². The lowest BCUT2D eigenvalue weighted by Crippen LogP contribution is -1.97. The van der Waals surface area contributed by atoms with E-state index in [1.165, 1.54) is 5.56 Å². The van der Waals surface area contributed by atoms with Crippen LogP contribution in [-0.2, 0) is 13.0 Å². The average molecular weight is 175 g/mol. The summed E-state index contributed by atoms with van der Waals surface area (Å²) >= 11 is 0. The summed E-state index contributed by atoms with van der Waals surface area (Å²) in [5.74, 6) is 0. The molecular formula is C10H13N3. The second-order valence-corrected chi connectivity index (χ2v) is 3.08. The molecule has 0 aliphatic rings. The van der Waals surface area contributed by atoms with Crippen molar-refractivity contribution in [2.24, 2.45) is 5.73 Å². The molecule has 0 saturated heterocycles. The maximum absolute atomic E-state index is 5.58. The first-order chi connectivity index (χ1) is 6.35. The Morgan fingerprint density at radius 3 is 3.08 bits per heavy atom. The number of rotatable bonds is 2. The summed E-state index contributed by atoms with van der Waals surface area (Å²) < 4.78 is 2.00. The Morgan fingerprint density at radius 1 is 1.54 bits per heavy atom. The fourth-order valence-electron chi connectivity index (χ4n) is 1.46. The van der Waals surface area contributed by atoms with Crippen LogP contribution in [0, 0.1) is 0 Å². The summed E-state index contributed by atoms with van der Waals surface area (Å²) in [4.78, 5) is 4.23. The Balaban J connectivity index is 2.64. The first kappa shape index (κ1) is 8.26. The molecule has 0 bridgehead atoms. The molecule has 0 unspecified atom stereocenters. The Labute approximate surface area is 77.2 Å². The normalized spacial score (nSPS) is 10.9. The van der Waals surface area contributed by atoms with Gasteiger partial charge in [0.05, 0.1) is 17.5 Å². The van der Waals surface area contributed by atoms with Crippen LogP contribution in [0.3, 0.4) is 0 Å². The van der Waals surface area contributed by atoms with Gasteiger partial charge in [0, 0.05) is 12.7 Å². The SMILES string of the molecule is CCc1ccn2cnc(CN)c2c1. The molecule has 0 aliphatic heterocycles. The third kappa shape index (κ3) is 1.31. The van der Waals surface area contributed by atoms with Gasteiger partial charge in [-0.15, -0.1) is 0 Å². The molecule has 0 aliphatic carbocycles. The molecule has 0 aromatic carbocycles. The lowest BCUT2D eigenvalue weighted by atomic mass is 10.2. The van der Waals surface area contributed by atoms with Crippen LogP contribution >= 0.6 is 0 Å². The number of hydrogen-bond acceptors (Lipinski definition) is 2. The summed E-state index contributed by atoms with van der Waals surface area (Å²) in [7, 11) is 0. The van der Waals surface area contributed by atoms with Crippen LogP contribution in [-0.4, -0.2) is 9.38 Å². The molecule has 0 fully saturated rings. The topological polar surface area (TPSA) is 43.3 Å². The second-order valence-electron chi connectivity index (χ2n) is 3.08. The molecule has 3 heteroatoms. The predicted octanol–water partition coefficient (Wildman–Crippen LogP) is 1.36. The van der Waals surface area contributed by atoms with Crippen molar-refractivity contribution in [3.05, 3.63) is 35.9 Å². The lowest BCUT2D eigenvalue weighted by molar-refractivity contribution is 1.02. The van der Waals surface area contributed by atoms with E-state index in [4.69, 9.17) is 5.73 Å². The van der Waals surface area contributed by atoms with Crippen LogP contribution < -0.4 is 5.73 Å². The zero-order valence-electron chi connectivity index (χ0n) is 7.70. The molecule has 0 radical (unpaired) electrons. The van der Waals surface area contributed by atoms with E-state index in [9.17, 15) is 0 Å². The molecule has 2 heterocycles. The standard InChI is InChI=1S/C10H13N3/c1-2-8-3-4-13-7-12-9(6-11)10(13)5-8/h3-5,7H,2,6,11H2,1H3. The van der Waals surface area contributed by atoms with Crippen molar-refractivity contribution in [3.8, 4) is 0 Å². The fourth-order valence-corrected chi connectivity index (χ4v) is 1.46. The summed E-state index contributed by atoms with van der Waals surface area (Å²) in [6.07, 6.45) is 4.88. The largest absolute Gasteiger partial charge is 0.325 e. The van der Waals surface area contributed by atoms with Crippen molar-refractivity contribution in [1.29, 1.82) is 0 Å². The number of nitrogens with two attached hydrogens (primary N) is 1. The third-order valence-electron chi connectivity index (χ3n) is 2.28. The van der Waals surface area contributed by atoms with Crippen molar-refractivity contribution in [2.75, 3.05) is 0 Å². The number of nitrogens with zero attached hydrogens (tertiary/aromatic N) is 2. The molecule has 0 spiro atoms. The number of hydrogen-bond donors (Lipinski definition) is 1. The van der Waals surface area contributed by atoms with Crippen molar-refractivity contribution >= 4 is 5.52 Å². The van der Waals surface area contributed by atoms with Gasteiger partial charge in [0.1, 0.15) is 0 Å². The first-order valence-corrected chi connectivity index (χ1v) is 4.49. The highest BCUT2D eigenvalue weighted by Gasteiger charge is 2.01. The van der Waals surface area contributed by atoms with Gasteiger partial charge in [-0.1, -0.05) is 6.92 Å². The molecule has 68 valence electrons. The summed E-state index contributed by atoms with van der Waals surface area (Å²) in [5, 5.41) is 0. The van der Waals surface area contributed by atoms with E-state index in [2.05, 4.69) is 24.0 Å². The number of aryl methyl sites for hydroxylation is 1. The Kier molecular flexibility index (Phi) is 2.02. The zero-order chi connectivity index (χ0) is 9.26. The highest BCUT2D eigenvalue weighted by Crippen LogP contribution is 2.11. The van der Waals surface area contributed by atoms with E-state index in [0.717, 1.165) is 17.6 Å². The van der Waals surface area contributed by atoms with Crippen LogP contribution in [0.1, 0.15) is 18.2 Å². The Morgan fingerprint density at radius 2 is 2.38 bits per heavy atom. The molecule has 13 heavy (non-hydrogen) atoms. The molecule has 2 rings (SSSR count). The molecule has 0 amide bonds. The summed E-state index contributed by atoms with van der Waals surface area (Å²) in [5.41, 5.74) is 8.99. The maximum Gasteiger partial charge on any atom is 0.0996 e. The van der Waals surface area contributed by atoms with Gasteiger partial charge in [0.25, 0.3) is 0 Å². The van der Waals surface area contributed by atoms with Crippen molar-refractivity contribution in [2.45, 2.75) is 19.9 Å². The minimum absolute atomic E-state index is 0.504. The summed E-state index contributed by atoms with van der Waals surface area (Å²) in [6, 6.07) is 4.25. The van der Waals surface area contributed by atoms with Gasteiger partial charge < -0.3 is 10.1 Å². The second kappa shape index (κ2) is 3.18. The van der Waals surface area contributed by atoms with Crippen molar-refractivity contribution in [3.63, 3.8) is 0 Å². The lowest BCUT2D eigenvalue weighted by Gasteiger charge is -1.99. The van der Waals surface area contributed by atoms with Gasteiger partial charge in [-0.3, -0.25) is 0 Å². The number of aromatic nitrogens is 2. The first-order valence-electron chi connectivity index (χ1n) is 4.49. The van der Waals surface area contributed by atoms with E-state index in [1.807, 2.05) is 10.6 Å². The van der Waals surface area contributed by atoms with E-state index in [-0.39, 0.29) is 0 Å². The maximum atomic E-state index is 5.58. The summed E-state index contributed by atoms with van der Waals surface area (Å²) in [6.45, 7) is 2.65. The molecule has 3 nitrogen and oxygen atoms in total. The highest BCUT2D eigenvalue weighted by molar-refractivity contribution is 5.53. The Bertz CT molecular complexity index is 417. The fraction of sp³-hybridized carbons (Fsp3) is 0.300. The third-order valence-corrected chi connectivity index (χ3v) is 2.28. The smallest absolute Gasteiger partial charge is 0.0996 e. The van der Waals surface area contributed by atoms with Crippen LogP contribution in [0.25, 0.3) is 5.52 Å². The van der Waals surface area contributed by atoms with Gasteiger partial charge in [-0.25, -0.2) is 4.98 Å². The van der Waals surface area contributed by atoms with Crippen molar-refractivity contribution < 1.29 is 0 Å². The van der Waals surface area contributed by atoms with Crippen LogP contribution in [0.15, 0.2) is 24.7 Å². The van der Waals surface area contributed by atoms with Gasteiger partial charge >= 0.3 is 0 Å². The number of imidazole rings is 1. The van der Waals surface area contributed by atoms with Gasteiger partial charge in [-0.2, -0.15) is 0 Å². The van der Waals surface area contributed by atoms with Gasteiger partial charge in [-0.05, 0) is 24.1 Å². The molecule has 2 N–H and O–H groups in total. The molecule has 2 aromatic rings. The van der Waals surface area contributed by atoms with E-state index in [1.54, 1.807) is 6.33 Å². The highest BCUT2D eigenvalue weighted by atomic mass is 15.0. The van der Waals surface area contributed by atoms with Crippen LogP contribution in [0.4, 0.5) is 0 Å². The minimum atomic E-state index is 0.504. The van der Waals surface area contributed by atoms with Gasteiger partial charge in [0.15, 0.2) is 0 Å². The van der Waals surface area contributed by atoms with Crippen LogP contribution in [0.2, 0.25) is 0 Å². The molecule has 2 aromatic heterocycles. The minimum Gasteiger partial charge on any atom is -0.325 e. The zero-order valence-corrected chi connectivity index (χ0v) is 7.70. The van der Waals surface area contributed by atoms with E-state index >= 15 is 0 Å². The van der Waals surface area contributed by atoms with Crippen LogP contribution in [0.5, 0.6) is 0 Å². The average Bonchev–Trinajstić information content (AvgIpc) is 2.59. The molecule has 0 atom stereocenters. The van der Waals surface area contributed by atoms with Crippen molar-refractivity contribution in [1.82, 2.24) is 9.38 Å². The molecular weight excluding hydrogens is 162 g/mol. The van der Waals surface area contributed by atoms with E-state index < -0.39 is 0 Å². The number of fused-ring (bicyclic) bond motifs is 1. The quantitative estimate of drug-likeness (QED) is 0.748. The molecule has 0 saturated carbocycles.